The monoisotopic (exact) mass is 378 g/mol. The maximum absolute atomic E-state index is 6.29. The highest BCUT2D eigenvalue weighted by molar-refractivity contribution is 9.10. The molecule has 0 saturated heterocycles. The first-order chi connectivity index (χ1) is 9.11. The van der Waals surface area contributed by atoms with Crippen LogP contribution in [0, 0.1) is 0 Å². The summed E-state index contributed by atoms with van der Waals surface area (Å²) in [5.41, 5.74) is 8.07. The zero-order chi connectivity index (χ0) is 13.6. The minimum Gasteiger partial charge on any atom is -0.397 e. The summed E-state index contributed by atoms with van der Waals surface area (Å²) in [5, 5.41) is 7.75. The average molecular weight is 380 g/mol. The third-order valence-electron chi connectivity index (χ3n) is 3.33. The molecule has 0 bridgehead atoms. The van der Waals surface area contributed by atoms with Crippen molar-refractivity contribution in [2.24, 2.45) is 0 Å². The van der Waals surface area contributed by atoms with E-state index in [2.05, 4.69) is 61.4 Å². The highest BCUT2D eigenvalue weighted by atomic mass is 79.9. The van der Waals surface area contributed by atoms with E-state index in [9.17, 15) is 0 Å². The van der Waals surface area contributed by atoms with E-state index in [-0.39, 0.29) is 0 Å². The number of benzene rings is 3. The van der Waals surface area contributed by atoms with Crippen molar-refractivity contribution in [3.63, 3.8) is 0 Å². The van der Waals surface area contributed by atoms with Gasteiger partial charge in [-0.15, -0.1) is 0 Å². The molecule has 0 unspecified atom stereocenters. The Morgan fingerprint density at radius 3 is 1.95 bits per heavy atom. The van der Waals surface area contributed by atoms with Gasteiger partial charge in [0.05, 0.1) is 11.4 Å². The van der Waals surface area contributed by atoms with Gasteiger partial charge in [0.1, 0.15) is 0 Å². The number of halogens is 2. The zero-order valence-corrected chi connectivity index (χ0v) is 13.5. The number of hydrogen-bond acceptors (Lipinski definition) is 2. The van der Waals surface area contributed by atoms with Crippen molar-refractivity contribution in [3.8, 4) is 0 Å². The second-order valence-electron chi connectivity index (χ2n) is 4.42. The van der Waals surface area contributed by atoms with Crippen LogP contribution < -0.4 is 11.1 Å². The summed E-state index contributed by atoms with van der Waals surface area (Å²) < 4.78 is 2.12. The normalized spacial score (nSPS) is 11.1. The van der Waals surface area contributed by atoms with Gasteiger partial charge in [0, 0.05) is 26.8 Å². The summed E-state index contributed by atoms with van der Waals surface area (Å²) >= 11 is 7.07. The molecule has 0 fully saturated rings. The molecule has 0 aliphatic heterocycles. The van der Waals surface area contributed by atoms with Crippen molar-refractivity contribution in [2.75, 3.05) is 18.1 Å². The number of hydrogen-bond donors (Lipinski definition) is 2. The van der Waals surface area contributed by atoms with Crippen molar-refractivity contribution in [2.45, 2.75) is 0 Å². The Labute approximate surface area is 128 Å². The van der Waals surface area contributed by atoms with E-state index in [1.165, 1.54) is 5.39 Å². The van der Waals surface area contributed by atoms with Crippen molar-refractivity contribution in [3.05, 3.63) is 45.3 Å². The standard InChI is InChI=1S/C15H12Br2N2/c1-19-15-11-5-3-9(17)7-13(11)12-6-8(16)2-4-10(12)14(15)18/h2-7,19H,18H2,1H3. The molecule has 96 valence electrons. The molecular weight excluding hydrogens is 368 g/mol. The summed E-state index contributed by atoms with van der Waals surface area (Å²) in [4.78, 5) is 0. The maximum Gasteiger partial charge on any atom is 0.0657 e. The van der Waals surface area contributed by atoms with Gasteiger partial charge in [-0.2, -0.15) is 0 Å². The van der Waals surface area contributed by atoms with Crippen LogP contribution in [0.25, 0.3) is 21.5 Å². The molecule has 2 nitrogen and oxygen atoms in total. The van der Waals surface area contributed by atoms with Crippen LogP contribution in [0.3, 0.4) is 0 Å². The van der Waals surface area contributed by atoms with Gasteiger partial charge >= 0.3 is 0 Å². The molecule has 0 radical (unpaired) electrons. The quantitative estimate of drug-likeness (QED) is 0.349. The van der Waals surface area contributed by atoms with E-state index in [0.29, 0.717) is 0 Å². The largest absolute Gasteiger partial charge is 0.397 e. The molecule has 0 saturated carbocycles. The second kappa shape index (κ2) is 4.69. The molecule has 3 N–H and O–H groups in total. The Balaban J connectivity index is 2.62. The fourth-order valence-corrected chi connectivity index (χ4v) is 3.20. The molecule has 3 aromatic rings. The summed E-state index contributed by atoms with van der Waals surface area (Å²) in [7, 11) is 1.90. The molecule has 0 aliphatic carbocycles. The minimum atomic E-state index is 0.792. The van der Waals surface area contributed by atoms with Gasteiger partial charge < -0.3 is 11.1 Å². The summed E-state index contributed by atoms with van der Waals surface area (Å²) in [6.45, 7) is 0. The Kier molecular flexibility index (Phi) is 3.15. The van der Waals surface area contributed by atoms with Gasteiger partial charge in [-0.05, 0) is 35.0 Å². The van der Waals surface area contributed by atoms with Crippen molar-refractivity contribution in [1.82, 2.24) is 0 Å². The van der Waals surface area contributed by atoms with Crippen LogP contribution in [0.5, 0.6) is 0 Å². The number of rotatable bonds is 1. The van der Waals surface area contributed by atoms with E-state index in [1.807, 2.05) is 19.2 Å². The number of fused-ring (bicyclic) bond motifs is 3. The summed E-state index contributed by atoms with van der Waals surface area (Å²) in [5.74, 6) is 0. The lowest BCUT2D eigenvalue weighted by molar-refractivity contribution is 1.55. The third-order valence-corrected chi connectivity index (χ3v) is 4.32. The lowest BCUT2D eigenvalue weighted by Crippen LogP contribution is -1.98. The highest BCUT2D eigenvalue weighted by Gasteiger charge is 2.11. The van der Waals surface area contributed by atoms with Crippen molar-refractivity contribution < 1.29 is 0 Å². The lowest BCUT2D eigenvalue weighted by atomic mass is 9.98. The van der Waals surface area contributed by atoms with Crippen LogP contribution in [0.2, 0.25) is 0 Å². The lowest BCUT2D eigenvalue weighted by Gasteiger charge is -2.14. The second-order valence-corrected chi connectivity index (χ2v) is 6.25. The Bertz CT molecular complexity index is 797. The van der Waals surface area contributed by atoms with Crippen LogP contribution in [-0.2, 0) is 0 Å². The smallest absolute Gasteiger partial charge is 0.0657 e. The van der Waals surface area contributed by atoms with Gasteiger partial charge in [-0.3, -0.25) is 0 Å². The predicted octanol–water partition coefficient (Wildman–Crippen LogP) is 5.14. The van der Waals surface area contributed by atoms with Gasteiger partial charge in [0.25, 0.3) is 0 Å². The topological polar surface area (TPSA) is 38.0 Å². The first-order valence-electron chi connectivity index (χ1n) is 5.89. The van der Waals surface area contributed by atoms with Crippen LogP contribution >= 0.6 is 31.9 Å². The first kappa shape index (κ1) is 12.8. The third kappa shape index (κ3) is 1.99. The fourth-order valence-electron chi connectivity index (χ4n) is 2.48. The van der Waals surface area contributed by atoms with Gasteiger partial charge in [-0.1, -0.05) is 44.0 Å². The number of nitrogens with one attached hydrogen (secondary N) is 1. The summed E-state index contributed by atoms with van der Waals surface area (Å²) in [6.07, 6.45) is 0. The first-order valence-corrected chi connectivity index (χ1v) is 7.48. The number of anilines is 2. The number of nitrogens with two attached hydrogens (primary N) is 1. The molecule has 0 amide bonds. The molecule has 0 aromatic heterocycles. The average Bonchev–Trinajstić information content (AvgIpc) is 2.40. The number of nitrogen functional groups attached to an aromatic ring is 1. The maximum atomic E-state index is 6.29. The van der Waals surface area contributed by atoms with Crippen LogP contribution in [0.4, 0.5) is 11.4 Å². The fraction of sp³-hybridized carbons (Fsp3) is 0.0667. The molecule has 4 heteroatoms. The van der Waals surface area contributed by atoms with Crippen molar-refractivity contribution in [1.29, 1.82) is 0 Å². The van der Waals surface area contributed by atoms with Crippen LogP contribution in [0.1, 0.15) is 0 Å². The Morgan fingerprint density at radius 2 is 1.37 bits per heavy atom. The molecule has 0 aliphatic rings. The highest BCUT2D eigenvalue weighted by Crippen LogP contribution is 2.40. The molecular formula is C15H12Br2N2. The van der Waals surface area contributed by atoms with E-state index in [4.69, 9.17) is 5.73 Å². The zero-order valence-electron chi connectivity index (χ0n) is 10.3. The molecule has 19 heavy (non-hydrogen) atoms. The molecule has 0 spiro atoms. The van der Waals surface area contributed by atoms with Gasteiger partial charge in [-0.25, -0.2) is 0 Å². The van der Waals surface area contributed by atoms with E-state index < -0.39 is 0 Å². The minimum absolute atomic E-state index is 0.792. The van der Waals surface area contributed by atoms with E-state index in [0.717, 1.165) is 36.5 Å². The Morgan fingerprint density at radius 1 is 0.842 bits per heavy atom. The van der Waals surface area contributed by atoms with E-state index >= 15 is 0 Å². The molecule has 3 aromatic carbocycles. The van der Waals surface area contributed by atoms with Crippen LogP contribution in [0.15, 0.2) is 45.3 Å². The predicted molar refractivity (Wildman–Crippen MR) is 90.8 cm³/mol. The van der Waals surface area contributed by atoms with E-state index in [1.54, 1.807) is 0 Å². The van der Waals surface area contributed by atoms with Crippen LogP contribution in [-0.4, -0.2) is 7.05 Å². The Hall–Kier alpha value is -1.26. The van der Waals surface area contributed by atoms with Gasteiger partial charge in [0.2, 0.25) is 0 Å². The SMILES string of the molecule is CNc1c(N)c2ccc(Br)cc2c2cc(Br)ccc12. The molecule has 0 atom stereocenters. The summed E-state index contributed by atoms with van der Waals surface area (Å²) in [6, 6.07) is 12.4. The molecule has 3 rings (SSSR count). The van der Waals surface area contributed by atoms with Crippen molar-refractivity contribution >= 4 is 64.8 Å². The molecule has 0 heterocycles. The van der Waals surface area contributed by atoms with Gasteiger partial charge in [0.15, 0.2) is 0 Å².